The second-order valence-electron chi connectivity index (χ2n) is 16.7. The van der Waals surface area contributed by atoms with Gasteiger partial charge in [0, 0.05) is 83.2 Å². The molecule has 374 valence electrons. The molecule has 3 N–H and O–H groups in total. The van der Waals surface area contributed by atoms with E-state index in [1.54, 1.807) is 20.8 Å². The molecule has 4 atom stereocenters. The minimum atomic E-state index is -4.22. The SMILES string of the molecule is FC(F)(F)[C@H]1CCCN(c2ccc3c(n2)N[C@H]2CCCN3C2)C1.O=C(Nc1cnccn1)N1c2nc(N3CCC[C@H](C(F)(F)F)C3)ccc2N2CCC[C@H]1C2.O=C(O)c1cnccn1.S.S.S.S. The molecule has 0 radical (unpaired) electrons. The predicted molar refractivity (Wildman–Crippen MR) is 269 cm³/mol. The summed E-state index contributed by atoms with van der Waals surface area (Å²) < 4.78 is 78.9. The highest BCUT2D eigenvalue weighted by atomic mass is 32.1. The van der Waals surface area contributed by atoms with Gasteiger partial charge in [-0.05, 0) is 75.6 Å². The molecule has 16 nitrogen and oxygen atoms in total. The van der Waals surface area contributed by atoms with Crippen molar-refractivity contribution in [3.63, 3.8) is 0 Å². The normalized spacial score (nSPS) is 21.3. The zero-order valence-corrected chi connectivity index (χ0v) is 40.8. The quantitative estimate of drug-likeness (QED) is 0.171. The number of piperidine rings is 4. The summed E-state index contributed by atoms with van der Waals surface area (Å²) >= 11 is 0. The van der Waals surface area contributed by atoms with Crippen LogP contribution in [0.1, 0.15) is 61.9 Å². The molecule has 0 unspecified atom stereocenters. The smallest absolute Gasteiger partial charge is 0.393 e. The van der Waals surface area contributed by atoms with Crippen molar-refractivity contribution in [3.8, 4) is 0 Å². The van der Waals surface area contributed by atoms with Crippen molar-refractivity contribution in [2.24, 2.45) is 11.8 Å². The van der Waals surface area contributed by atoms with E-state index in [0.29, 0.717) is 61.8 Å². The molecule has 26 heteroatoms. The molecule has 4 saturated heterocycles. The summed E-state index contributed by atoms with van der Waals surface area (Å²) in [5, 5.41) is 14.5. The van der Waals surface area contributed by atoms with Crippen LogP contribution < -0.4 is 35.1 Å². The van der Waals surface area contributed by atoms with Crippen LogP contribution in [0.25, 0.3) is 0 Å². The number of carboxylic acids is 1. The fourth-order valence-corrected chi connectivity index (χ4v) is 9.18. The topological polar surface area (TPSA) is 172 Å². The lowest BCUT2D eigenvalue weighted by atomic mass is 9.97. The summed E-state index contributed by atoms with van der Waals surface area (Å²) in [7, 11) is 0. The van der Waals surface area contributed by atoms with E-state index in [1.807, 2.05) is 18.2 Å². The third-order valence-electron chi connectivity index (χ3n) is 12.3. The van der Waals surface area contributed by atoms with E-state index < -0.39 is 30.2 Å². The highest BCUT2D eigenvalue weighted by Crippen LogP contribution is 2.42. The molecule has 68 heavy (non-hydrogen) atoms. The third-order valence-corrected chi connectivity index (χ3v) is 12.3. The minimum Gasteiger partial charge on any atom is -0.476 e. The molecule has 0 spiro atoms. The zero-order chi connectivity index (χ0) is 45.0. The number of alkyl halides is 6. The number of aromatic carboxylic acids is 1. The molecule has 10 heterocycles. The summed E-state index contributed by atoms with van der Waals surface area (Å²) in [4.78, 5) is 57.5. The van der Waals surface area contributed by atoms with Gasteiger partial charge >= 0.3 is 24.4 Å². The summed E-state index contributed by atoms with van der Waals surface area (Å²) in [5.74, 6) is -0.900. The molecule has 4 bridgehead atoms. The number of pyridine rings is 2. The Morgan fingerprint density at radius 2 is 1.18 bits per heavy atom. The minimum absolute atomic E-state index is 0. The van der Waals surface area contributed by atoms with Crippen molar-refractivity contribution in [1.82, 2.24) is 29.9 Å². The molecule has 4 aromatic heterocycles. The number of urea groups is 1. The lowest BCUT2D eigenvalue weighted by Crippen LogP contribution is -2.56. The first-order valence-corrected chi connectivity index (χ1v) is 21.5. The standard InChI is InChI=1S/C21H24F3N7O.C16H21F3N4.C5H4N2O2.4H2S/c22-21(23,24)14-3-1-10-30(12-14)18-6-5-16-19(28-18)31(15-4-2-9-29(16)13-15)20(32)27-17-11-25-7-8-26-17;17-16(18,19)11-3-1-8-23(9-11)14-6-5-13-15(21-14)20-12-4-2-7-22(13)10-12;8-5(9)4-3-6-1-2-7-4;;;;/h5-8,11,14-15H,1-4,9-10,12-13H2,(H,26,27,32);5-6,11-12H,1-4,7-10H2,(H,20,21);1-3H,(H,8,9);4*1H2/t14-,15-;11-,12-;;;;;/m00...../s1. The maximum absolute atomic E-state index is 13.3. The van der Waals surface area contributed by atoms with Crippen LogP contribution in [-0.2, 0) is 0 Å². The van der Waals surface area contributed by atoms with Gasteiger partial charge in [-0.25, -0.2) is 29.5 Å². The van der Waals surface area contributed by atoms with Gasteiger partial charge in [-0.15, -0.1) is 0 Å². The van der Waals surface area contributed by atoms with Gasteiger partial charge in [0.25, 0.3) is 0 Å². The Morgan fingerprint density at radius 3 is 1.74 bits per heavy atom. The molecule has 0 aromatic carbocycles. The van der Waals surface area contributed by atoms with Crippen LogP contribution in [0.4, 0.5) is 71.6 Å². The number of anilines is 7. The molecule has 0 saturated carbocycles. The first-order valence-electron chi connectivity index (χ1n) is 21.5. The van der Waals surface area contributed by atoms with E-state index in [-0.39, 0.29) is 97.7 Å². The number of halogens is 6. The second-order valence-corrected chi connectivity index (χ2v) is 16.7. The number of hydrogen-bond donors (Lipinski definition) is 3. The lowest BCUT2D eigenvalue weighted by molar-refractivity contribution is -0.176. The molecule has 10 rings (SSSR count). The van der Waals surface area contributed by atoms with Crippen LogP contribution >= 0.6 is 54.0 Å². The van der Waals surface area contributed by atoms with Gasteiger partial charge in [0.15, 0.2) is 23.1 Å². The Hall–Kier alpha value is -4.82. The van der Waals surface area contributed by atoms with Crippen LogP contribution in [0, 0.1) is 11.8 Å². The van der Waals surface area contributed by atoms with Crippen molar-refractivity contribution < 1.29 is 41.0 Å². The number of carbonyl (C=O) groups excluding carboxylic acids is 1. The number of rotatable bonds is 4. The number of carboxylic acid groups (broad SMARTS) is 1. The van der Waals surface area contributed by atoms with Gasteiger partial charge in [0.2, 0.25) is 0 Å². The van der Waals surface area contributed by atoms with Crippen molar-refractivity contribution >= 4 is 106 Å². The number of carbonyl (C=O) groups is 2. The number of fused-ring (bicyclic) bond motifs is 8. The third kappa shape index (κ3) is 13.3. The summed E-state index contributed by atoms with van der Waals surface area (Å²) in [6.45, 7) is 4.64. The first kappa shape index (κ1) is 55.8. The number of aromatic nitrogens is 6. The van der Waals surface area contributed by atoms with Crippen LogP contribution in [0.15, 0.2) is 61.4 Å². The van der Waals surface area contributed by atoms with E-state index in [2.05, 4.69) is 45.4 Å². The predicted octanol–water partition coefficient (Wildman–Crippen LogP) is 7.55. The summed E-state index contributed by atoms with van der Waals surface area (Å²) in [6.07, 6.45) is 5.52. The maximum Gasteiger partial charge on any atom is 0.393 e. The Kier molecular flexibility index (Phi) is 19.8. The van der Waals surface area contributed by atoms with Crippen molar-refractivity contribution in [3.05, 3.63) is 67.1 Å². The fourth-order valence-electron chi connectivity index (χ4n) is 9.18. The summed E-state index contributed by atoms with van der Waals surface area (Å²) in [5.41, 5.74) is 1.87. The number of nitrogens with zero attached hydrogens (tertiary/aromatic N) is 11. The van der Waals surface area contributed by atoms with E-state index in [9.17, 15) is 35.9 Å². The van der Waals surface area contributed by atoms with Crippen molar-refractivity contribution in [2.75, 3.05) is 87.5 Å². The van der Waals surface area contributed by atoms with Crippen molar-refractivity contribution in [1.29, 1.82) is 0 Å². The first-order chi connectivity index (χ1) is 30.7. The van der Waals surface area contributed by atoms with E-state index >= 15 is 0 Å². The van der Waals surface area contributed by atoms with Gasteiger partial charge in [0.05, 0.1) is 41.6 Å². The van der Waals surface area contributed by atoms with Gasteiger partial charge in [-0.3, -0.25) is 20.2 Å². The largest absolute Gasteiger partial charge is 0.476 e. The number of amides is 2. The van der Waals surface area contributed by atoms with Gasteiger partial charge in [-0.2, -0.15) is 80.3 Å². The molecule has 2 amide bonds. The molecule has 6 aliphatic rings. The molecular formula is C42H57F6N13O3S4. The Balaban J connectivity index is 0.000000246. The average Bonchev–Trinajstić information content (AvgIpc) is 3.29. The lowest BCUT2D eigenvalue weighted by Gasteiger charge is -2.46. The van der Waals surface area contributed by atoms with Crippen LogP contribution in [0.5, 0.6) is 0 Å². The Morgan fingerprint density at radius 1 is 0.632 bits per heavy atom. The molecule has 4 fully saturated rings. The van der Waals surface area contributed by atoms with E-state index in [4.69, 9.17) is 10.1 Å². The maximum atomic E-state index is 13.3. The van der Waals surface area contributed by atoms with Crippen LogP contribution in [0.3, 0.4) is 0 Å². The molecule has 4 aromatic rings. The number of nitrogens with one attached hydrogen (secondary N) is 2. The second kappa shape index (κ2) is 24.1. The summed E-state index contributed by atoms with van der Waals surface area (Å²) in [6, 6.07) is 7.49. The van der Waals surface area contributed by atoms with Crippen LogP contribution in [-0.4, -0.2) is 124 Å². The van der Waals surface area contributed by atoms with E-state index in [1.165, 1.54) is 37.2 Å². The molecular weight excluding hydrogens is 977 g/mol. The van der Waals surface area contributed by atoms with Crippen molar-refractivity contribution in [2.45, 2.75) is 75.8 Å². The monoisotopic (exact) mass is 1030 g/mol. The van der Waals surface area contributed by atoms with Gasteiger partial charge in [-0.1, -0.05) is 0 Å². The molecule has 0 aliphatic carbocycles. The Bertz CT molecular complexity index is 2260. The number of hydrogen-bond acceptors (Lipinski definition) is 13. The van der Waals surface area contributed by atoms with Crippen LogP contribution in [0.2, 0.25) is 0 Å². The highest BCUT2D eigenvalue weighted by molar-refractivity contribution is 7.59. The van der Waals surface area contributed by atoms with Gasteiger partial charge < -0.3 is 30.0 Å². The zero-order valence-electron chi connectivity index (χ0n) is 36.8. The highest BCUT2D eigenvalue weighted by Gasteiger charge is 2.44. The van der Waals surface area contributed by atoms with E-state index in [0.717, 1.165) is 62.5 Å². The Labute approximate surface area is 417 Å². The average molecular weight is 1030 g/mol. The molecule has 6 aliphatic heterocycles. The van der Waals surface area contributed by atoms with Gasteiger partial charge in [0.1, 0.15) is 11.6 Å². The fraction of sp³-hybridized carbons (Fsp3) is 0.524.